The zero-order chi connectivity index (χ0) is 18.8. The molecule has 4 aromatic heterocycles. The number of fused-ring (bicyclic) bond motifs is 2. The van der Waals surface area contributed by atoms with E-state index in [-0.39, 0.29) is 11.8 Å². The summed E-state index contributed by atoms with van der Waals surface area (Å²) in [5, 5.41) is 5.25. The van der Waals surface area contributed by atoms with Gasteiger partial charge in [-0.1, -0.05) is 11.6 Å². The first-order chi connectivity index (χ1) is 12.9. The number of rotatable bonds is 3. The highest BCUT2D eigenvalue weighted by Crippen LogP contribution is 2.55. The zero-order valence-electron chi connectivity index (χ0n) is 13.9. The molecule has 0 spiro atoms. The smallest absolute Gasteiger partial charge is 0.338 e. The lowest BCUT2D eigenvalue weighted by Crippen LogP contribution is -2.16. The predicted octanol–water partition coefficient (Wildman–Crippen LogP) is 4.57. The molecule has 1 aliphatic carbocycles. The molecule has 5 rings (SSSR count). The van der Waals surface area contributed by atoms with Gasteiger partial charge in [0.1, 0.15) is 11.7 Å². The highest BCUT2D eigenvalue weighted by molar-refractivity contribution is 6.29. The molecule has 1 aliphatic rings. The molecule has 0 aromatic carbocycles. The molecular formula is C18H13ClF3N5. The first kappa shape index (κ1) is 16.6. The zero-order valence-corrected chi connectivity index (χ0v) is 14.6. The molecule has 0 N–H and O–H groups in total. The number of halogens is 4. The van der Waals surface area contributed by atoms with Crippen molar-refractivity contribution in [1.29, 1.82) is 0 Å². The van der Waals surface area contributed by atoms with Gasteiger partial charge in [-0.05, 0) is 30.5 Å². The van der Waals surface area contributed by atoms with Crippen molar-refractivity contribution in [2.45, 2.75) is 31.0 Å². The standard InChI is InChI=1S/C18H13ClF3N5/c19-16-6-13(17-23-2-4-27(17)25-16)11-5-12(11)14-7-15-10(8-24-14)1-3-26(15)9-18(20,21)22/h1-4,6-8,11-12H,5,9H2/t11-,12-/m0/s1. The quantitative estimate of drug-likeness (QED) is 0.514. The maximum absolute atomic E-state index is 12.8. The van der Waals surface area contributed by atoms with E-state index in [1.54, 1.807) is 41.3 Å². The van der Waals surface area contributed by atoms with Crippen LogP contribution in [0.15, 0.2) is 43.0 Å². The molecule has 0 bridgehead atoms. The van der Waals surface area contributed by atoms with Gasteiger partial charge in [0.2, 0.25) is 0 Å². The number of aromatic nitrogens is 5. The summed E-state index contributed by atoms with van der Waals surface area (Å²) in [4.78, 5) is 8.81. The van der Waals surface area contributed by atoms with E-state index in [9.17, 15) is 13.2 Å². The van der Waals surface area contributed by atoms with Crippen molar-refractivity contribution < 1.29 is 13.2 Å². The second kappa shape index (κ2) is 5.69. The first-order valence-electron chi connectivity index (χ1n) is 8.40. The SMILES string of the molecule is FC(F)(F)Cn1ccc2cnc([C@H]3C[C@@H]3c3cc(Cl)nn4ccnc34)cc21. The van der Waals surface area contributed by atoms with Gasteiger partial charge < -0.3 is 4.57 Å². The Hall–Kier alpha value is -2.61. The van der Waals surface area contributed by atoms with Gasteiger partial charge in [0.25, 0.3) is 0 Å². The van der Waals surface area contributed by atoms with Crippen molar-refractivity contribution in [3.63, 3.8) is 0 Å². The van der Waals surface area contributed by atoms with Crippen molar-refractivity contribution in [3.8, 4) is 0 Å². The number of pyridine rings is 1. The molecular weight excluding hydrogens is 379 g/mol. The number of nitrogens with zero attached hydrogens (tertiary/aromatic N) is 5. The summed E-state index contributed by atoms with van der Waals surface area (Å²) < 4.78 is 41.2. The van der Waals surface area contributed by atoms with E-state index in [1.165, 1.54) is 10.8 Å². The van der Waals surface area contributed by atoms with Gasteiger partial charge in [-0.2, -0.15) is 18.3 Å². The number of imidazole rings is 1. The molecule has 5 nitrogen and oxygen atoms in total. The van der Waals surface area contributed by atoms with Crippen LogP contribution in [0.3, 0.4) is 0 Å². The highest BCUT2D eigenvalue weighted by Gasteiger charge is 2.42. The Morgan fingerprint density at radius 3 is 2.81 bits per heavy atom. The monoisotopic (exact) mass is 391 g/mol. The normalized spacial score (nSPS) is 19.9. The number of hydrogen-bond acceptors (Lipinski definition) is 3. The van der Waals surface area contributed by atoms with Crippen LogP contribution in [0.25, 0.3) is 16.6 Å². The van der Waals surface area contributed by atoms with Crippen molar-refractivity contribution in [3.05, 3.63) is 59.4 Å². The van der Waals surface area contributed by atoms with Crippen LogP contribution in [0.4, 0.5) is 13.2 Å². The third kappa shape index (κ3) is 2.93. The van der Waals surface area contributed by atoms with Crippen molar-refractivity contribution in [2.75, 3.05) is 0 Å². The Balaban J connectivity index is 1.50. The van der Waals surface area contributed by atoms with E-state index in [2.05, 4.69) is 15.1 Å². The molecule has 4 aromatic rings. The van der Waals surface area contributed by atoms with E-state index in [1.807, 2.05) is 0 Å². The minimum Gasteiger partial charge on any atom is -0.338 e. The number of alkyl halides is 3. The molecule has 0 radical (unpaired) electrons. The lowest BCUT2D eigenvalue weighted by atomic mass is 10.1. The summed E-state index contributed by atoms with van der Waals surface area (Å²) in [6.45, 7) is -1.01. The second-order valence-electron chi connectivity index (χ2n) is 6.79. The van der Waals surface area contributed by atoms with Crippen LogP contribution in [-0.2, 0) is 6.54 Å². The van der Waals surface area contributed by atoms with Gasteiger partial charge in [0.05, 0.1) is 5.52 Å². The van der Waals surface area contributed by atoms with E-state index < -0.39 is 12.7 Å². The summed E-state index contributed by atoms with van der Waals surface area (Å²) in [5.74, 6) is 0.300. The molecule has 0 amide bonds. The van der Waals surface area contributed by atoms with Gasteiger partial charge in [0.15, 0.2) is 5.65 Å². The lowest BCUT2D eigenvalue weighted by Gasteiger charge is -2.10. The molecule has 1 fully saturated rings. The number of hydrogen-bond donors (Lipinski definition) is 0. The Bertz CT molecular complexity index is 1160. The fourth-order valence-corrected chi connectivity index (χ4v) is 3.88. The minimum atomic E-state index is -4.27. The minimum absolute atomic E-state index is 0.127. The Labute approximate surface area is 156 Å². The summed E-state index contributed by atoms with van der Waals surface area (Å²) in [6, 6.07) is 5.22. The summed E-state index contributed by atoms with van der Waals surface area (Å²) >= 11 is 6.11. The Morgan fingerprint density at radius 2 is 2.00 bits per heavy atom. The molecule has 0 saturated heterocycles. The predicted molar refractivity (Wildman–Crippen MR) is 93.9 cm³/mol. The third-order valence-electron chi connectivity index (χ3n) is 4.95. The molecule has 138 valence electrons. The molecule has 2 atom stereocenters. The summed E-state index contributed by atoms with van der Waals surface area (Å²) in [7, 11) is 0. The maximum atomic E-state index is 12.8. The first-order valence-corrected chi connectivity index (χ1v) is 8.78. The largest absolute Gasteiger partial charge is 0.406 e. The topological polar surface area (TPSA) is 48.0 Å². The Morgan fingerprint density at radius 1 is 1.15 bits per heavy atom. The van der Waals surface area contributed by atoms with Crippen molar-refractivity contribution >= 4 is 28.2 Å². The molecule has 9 heteroatoms. The van der Waals surface area contributed by atoms with Crippen LogP contribution in [0.1, 0.15) is 29.5 Å². The summed E-state index contributed by atoms with van der Waals surface area (Å²) in [5.41, 5.74) is 3.06. The molecule has 0 unspecified atom stereocenters. The van der Waals surface area contributed by atoms with Crippen LogP contribution in [0, 0.1) is 0 Å². The average Bonchev–Trinajstić information content (AvgIpc) is 3.10. The molecule has 27 heavy (non-hydrogen) atoms. The highest BCUT2D eigenvalue weighted by atomic mass is 35.5. The van der Waals surface area contributed by atoms with E-state index in [0.29, 0.717) is 16.1 Å². The van der Waals surface area contributed by atoms with Crippen LogP contribution in [-0.4, -0.2) is 30.3 Å². The lowest BCUT2D eigenvalue weighted by molar-refractivity contribution is -0.139. The van der Waals surface area contributed by atoms with Gasteiger partial charge in [-0.3, -0.25) is 4.98 Å². The van der Waals surface area contributed by atoms with Gasteiger partial charge in [0, 0.05) is 47.3 Å². The maximum Gasteiger partial charge on any atom is 0.406 e. The third-order valence-corrected chi connectivity index (χ3v) is 5.14. The van der Waals surface area contributed by atoms with Crippen LogP contribution in [0.2, 0.25) is 5.15 Å². The second-order valence-corrected chi connectivity index (χ2v) is 7.18. The van der Waals surface area contributed by atoms with E-state index in [0.717, 1.165) is 23.3 Å². The fourth-order valence-electron chi connectivity index (χ4n) is 3.68. The van der Waals surface area contributed by atoms with Crippen molar-refractivity contribution in [1.82, 2.24) is 24.1 Å². The van der Waals surface area contributed by atoms with Crippen LogP contribution >= 0.6 is 11.6 Å². The Kier molecular flexibility index (Phi) is 3.49. The summed E-state index contributed by atoms with van der Waals surface area (Å²) in [6.07, 6.45) is 3.06. The van der Waals surface area contributed by atoms with E-state index in [4.69, 9.17) is 11.6 Å². The van der Waals surface area contributed by atoms with Gasteiger partial charge >= 0.3 is 6.18 Å². The molecule has 0 aliphatic heterocycles. The van der Waals surface area contributed by atoms with Gasteiger partial charge in [-0.25, -0.2) is 9.50 Å². The van der Waals surface area contributed by atoms with Gasteiger partial charge in [-0.15, -0.1) is 0 Å². The van der Waals surface area contributed by atoms with Crippen molar-refractivity contribution in [2.24, 2.45) is 0 Å². The average molecular weight is 392 g/mol. The van der Waals surface area contributed by atoms with Crippen LogP contribution < -0.4 is 0 Å². The van der Waals surface area contributed by atoms with Crippen LogP contribution in [0.5, 0.6) is 0 Å². The molecule has 4 heterocycles. The fraction of sp³-hybridized carbons (Fsp3) is 0.278. The van der Waals surface area contributed by atoms with E-state index >= 15 is 0 Å². The molecule has 1 saturated carbocycles.